The Hall–Kier alpha value is -1.60. The van der Waals surface area contributed by atoms with E-state index in [0.29, 0.717) is 25.3 Å². The summed E-state index contributed by atoms with van der Waals surface area (Å²) in [5.74, 6) is 1.42. The summed E-state index contributed by atoms with van der Waals surface area (Å²) in [7, 11) is -2.86. The van der Waals surface area contributed by atoms with Gasteiger partial charge in [-0.3, -0.25) is 9.69 Å². The van der Waals surface area contributed by atoms with E-state index in [9.17, 15) is 13.2 Å². The van der Waals surface area contributed by atoms with Gasteiger partial charge in [0.25, 0.3) is 5.91 Å². The van der Waals surface area contributed by atoms with E-state index in [0.717, 1.165) is 30.8 Å². The predicted octanol–water partition coefficient (Wildman–Crippen LogP) is 0.321. The first kappa shape index (κ1) is 15.9. The monoisotopic (exact) mass is 350 g/mol. The quantitative estimate of drug-likeness (QED) is 0.769. The van der Waals surface area contributed by atoms with Gasteiger partial charge in [0.05, 0.1) is 11.5 Å². The Morgan fingerprint density at radius 3 is 2.54 bits per heavy atom. The molecule has 3 aliphatic rings. The Labute approximate surface area is 142 Å². The fourth-order valence-electron chi connectivity index (χ4n) is 3.89. The highest BCUT2D eigenvalue weighted by molar-refractivity contribution is 7.91. The number of nitrogens with zero attached hydrogens (tertiary/aromatic N) is 2. The highest BCUT2D eigenvalue weighted by Crippen LogP contribution is 2.29. The third-order valence-corrected chi connectivity index (χ3v) is 7.02. The van der Waals surface area contributed by atoms with Gasteiger partial charge in [-0.1, -0.05) is 18.2 Å². The lowest BCUT2D eigenvalue weighted by Gasteiger charge is -2.38. The van der Waals surface area contributed by atoms with E-state index >= 15 is 0 Å². The summed E-state index contributed by atoms with van der Waals surface area (Å²) in [4.78, 5) is 16.8. The second kappa shape index (κ2) is 6.04. The molecule has 0 unspecified atom stereocenters. The number of hydrogen-bond donors (Lipinski definition) is 0. The van der Waals surface area contributed by atoms with Crippen LogP contribution in [0.25, 0.3) is 0 Å². The van der Waals surface area contributed by atoms with E-state index in [2.05, 4.69) is 4.90 Å². The van der Waals surface area contributed by atoms with Crippen molar-refractivity contribution in [3.8, 4) is 5.75 Å². The van der Waals surface area contributed by atoms with E-state index in [1.807, 2.05) is 29.2 Å². The topological polar surface area (TPSA) is 66.9 Å². The standard InChI is InChI=1S/C17H22N2O4S/c20-17(16-11-13-3-1-2-4-15(13)23-16)19-8-6-18(7-9-19)14-5-10-24(21,22)12-14/h1-4,14,16H,5-12H2/t14-,16-/m1/s1. The SMILES string of the molecule is O=C([C@H]1Cc2ccccc2O1)N1CCN([C@@H]2CCS(=O)(=O)C2)CC1. The molecule has 0 radical (unpaired) electrons. The molecule has 2 fully saturated rings. The lowest BCUT2D eigenvalue weighted by Crippen LogP contribution is -2.54. The van der Waals surface area contributed by atoms with Crippen molar-refractivity contribution < 1.29 is 17.9 Å². The Morgan fingerprint density at radius 1 is 1.12 bits per heavy atom. The van der Waals surface area contributed by atoms with Crippen LogP contribution in [0.3, 0.4) is 0 Å². The Morgan fingerprint density at radius 2 is 1.88 bits per heavy atom. The number of amides is 1. The minimum atomic E-state index is -2.86. The number of rotatable bonds is 2. The molecule has 0 saturated carbocycles. The van der Waals surface area contributed by atoms with Crippen molar-refractivity contribution in [2.24, 2.45) is 0 Å². The van der Waals surface area contributed by atoms with Crippen molar-refractivity contribution in [2.45, 2.75) is 25.0 Å². The third kappa shape index (κ3) is 3.02. The molecule has 6 nitrogen and oxygen atoms in total. The highest BCUT2D eigenvalue weighted by atomic mass is 32.2. The molecule has 0 N–H and O–H groups in total. The largest absolute Gasteiger partial charge is 0.480 e. The van der Waals surface area contributed by atoms with E-state index in [-0.39, 0.29) is 17.7 Å². The van der Waals surface area contributed by atoms with Gasteiger partial charge in [-0.05, 0) is 18.1 Å². The van der Waals surface area contributed by atoms with Gasteiger partial charge in [-0.25, -0.2) is 8.42 Å². The Kier molecular flexibility index (Phi) is 4.00. The summed E-state index contributed by atoms with van der Waals surface area (Å²) in [6.07, 6.45) is 0.939. The van der Waals surface area contributed by atoms with Crippen LogP contribution < -0.4 is 4.74 Å². The van der Waals surface area contributed by atoms with Gasteiger partial charge in [0.1, 0.15) is 5.75 Å². The lowest BCUT2D eigenvalue weighted by molar-refractivity contribution is -0.140. The first-order valence-electron chi connectivity index (χ1n) is 8.50. The molecule has 0 aromatic heterocycles. The number of carbonyl (C=O) groups is 1. The van der Waals surface area contributed by atoms with E-state index < -0.39 is 15.9 Å². The van der Waals surface area contributed by atoms with Gasteiger partial charge >= 0.3 is 0 Å². The average molecular weight is 350 g/mol. The Bertz CT molecular complexity index is 716. The number of sulfone groups is 1. The summed E-state index contributed by atoms with van der Waals surface area (Å²) in [6.45, 7) is 2.77. The van der Waals surface area contributed by atoms with Gasteiger partial charge in [0, 0.05) is 38.6 Å². The van der Waals surface area contributed by atoms with Crippen LogP contribution in [0, 0.1) is 0 Å². The van der Waals surface area contributed by atoms with E-state index in [1.54, 1.807) is 0 Å². The normalized spacial score (nSPS) is 29.2. The fraction of sp³-hybridized carbons (Fsp3) is 0.588. The molecule has 4 rings (SSSR count). The summed E-state index contributed by atoms with van der Waals surface area (Å²) in [5, 5.41) is 0. The van der Waals surface area contributed by atoms with Crippen molar-refractivity contribution in [3.05, 3.63) is 29.8 Å². The van der Waals surface area contributed by atoms with Gasteiger partial charge in [0.15, 0.2) is 15.9 Å². The molecule has 1 amide bonds. The zero-order valence-electron chi connectivity index (χ0n) is 13.6. The molecule has 1 aromatic rings. The van der Waals surface area contributed by atoms with Crippen LogP contribution in [0.15, 0.2) is 24.3 Å². The highest BCUT2D eigenvalue weighted by Gasteiger charge is 2.37. The summed E-state index contributed by atoms with van der Waals surface area (Å²) >= 11 is 0. The fourth-order valence-corrected chi connectivity index (χ4v) is 5.66. The molecule has 0 bridgehead atoms. The number of benzene rings is 1. The van der Waals surface area contributed by atoms with E-state index in [4.69, 9.17) is 4.74 Å². The number of hydrogen-bond acceptors (Lipinski definition) is 5. The lowest BCUT2D eigenvalue weighted by atomic mass is 10.1. The first-order valence-corrected chi connectivity index (χ1v) is 10.3. The van der Waals surface area contributed by atoms with Crippen LogP contribution in [-0.4, -0.2) is 74.0 Å². The van der Waals surface area contributed by atoms with Crippen molar-refractivity contribution in [3.63, 3.8) is 0 Å². The molecule has 24 heavy (non-hydrogen) atoms. The van der Waals surface area contributed by atoms with Crippen LogP contribution in [0.2, 0.25) is 0 Å². The van der Waals surface area contributed by atoms with Crippen LogP contribution in [0.1, 0.15) is 12.0 Å². The number of ether oxygens (including phenoxy) is 1. The maximum atomic E-state index is 12.7. The molecule has 3 heterocycles. The molecule has 0 spiro atoms. The van der Waals surface area contributed by atoms with Gasteiger partial charge in [-0.15, -0.1) is 0 Å². The third-order valence-electron chi connectivity index (χ3n) is 5.27. The van der Waals surface area contributed by atoms with Crippen molar-refractivity contribution in [1.29, 1.82) is 0 Å². The van der Waals surface area contributed by atoms with Crippen molar-refractivity contribution in [1.82, 2.24) is 9.80 Å². The van der Waals surface area contributed by atoms with Gasteiger partial charge < -0.3 is 9.64 Å². The maximum absolute atomic E-state index is 12.7. The second-order valence-corrected chi connectivity index (χ2v) is 9.07. The van der Waals surface area contributed by atoms with Gasteiger partial charge in [-0.2, -0.15) is 0 Å². The molecule has 3 aliphatic heterocycles. The summed E-state index contributed by atoms with van der Waals surface area (Å²) in [5.41, 5.74) is 1.09. The minimum Gasteiger partial charge on any atom is -0.480 e. The number of para-hydroxylation sites is 1. The molecule has 2 saturated heterocycles. The van der Waals surface area contributed by atoms with E-state index in [1.165, 1.54) is 0 Å². The molecule has 2 atom stereocenters. The van der Waals surface area contributed by atoms with Crippen molar-refractivity contribution in [2.75, 3.05) is 37.7 Å². The number of piperazine rings is 1. The Balaban J connectivity index is 1.33. The molecule has 7 heteroatoms. The molecule has 130 valence electrons. The first-order chi connectivity index (χ1) is 11.5. The molecular formula is C17H22N2O4S. The van der Waals surface area contributed by atoms with Crippen LogP contribution in [0.4, 0.5) is 0 Å². The van der Waals surface area contributed by atoms with Gasteiger partial charge in [0.2, 0.25) is 0 Å². The molecular weight excluding hydrogens is 328 g/mol. The van der Waals surface area contributed by atoms with Crippen LogP contribution in [-0.2, 0) is 21.1 Å². The van der Waals surface area contributed by atoms with Crippen LogP contribution in [0.5, 0.6) is 5.75 Å². The second-order valence-electron chi connectivity index (χ2n) is 6.84. The summed E-state index contributed by atoms with van der Waals surface area (Å²) in [6, 6.07) is 7.91. The average Bonchev–Trinajstić information content (AvgIpc) is 3.17. The van der Waals surface area contributed by atoms with Crippen LogP contribution >= 0.6 is 0 Å². The maximum Gasteiger partial charge on any atom is 0.264 e. The summed E-state index contributed by atoms with van der Waals surface area (Å²) < 4.78 is 29.1. The zero-order valence-corrected chi connectivity index (χ0v) is 14.4. The smallest absolute Gasteiger partial charge is 0.264 e. The molecule has 1 aromatic carbocycles. The minimum absolute atomic E-state index is 0.0462. The molecule has 0 aliphatic carbocycles. The van der Waals surface area contributed by atoms with Crippen molar-refractivity contribution >= 4 is 15.7 Å². The number of carbonyl (C=O) groups excluding carboxylic acids is 1. The predicted molar refractivity (Wildman–Crippen MR) is 89.8 cm³/mol. The zero-order chi connectivity index (χ0) is 16.7. The number of fused-ring (bicyclic) bond motifs is 1.